The molecule has 0 saturated carbocycles. The van der Waals surface area contributed by atoms with Crippen LogP contribution in [0.4, 0.5) is 5.69 Å². The van der Waals surface area contributed by atoms with Crippen LogP contribution in [-0.4, -0.2) is 56.3 Å². The first-order valence-electron chi connectivity index (χ1n) is 10.0. The minimum atomic E-state index is -3.49. The molecule has 170 valence electrons. The Morgan fingerprint density at radius 2 is 1.78 bits per heavy atom. The maximum absolute atomic E-state index is 12.5. The second kappa shape index (κ2) is 10.3. The van der Waals surface area contributed by atoms with Crippen LogP contribution in [0.25, 0.3) is 11.4 Å². The molecule has 1 amide bonds. The van der Waals surface area contributed by atoms with Gasteiger partial charge in [-0.1, -0.05) is 35.5 Å². The van der Waals surface area contributed by atoms with Gasteiger partial charge < -0.3 is 14.2 Å². The van der Waals surface area contributed by atoms with Gasteiger partial charge in [0.25, 0.3) is 0 Å². The Hall–Kier alpha value is -3.40. The third kappa shape index (κ3) is 6.07. The molecule has 1 heterocycles. The van der Waals surface area contributed by atoms with Gasteiger partial charge in [0.15, 0.2) is 0 Å². The molecule has 0 radical (unpaired) electrons. The summed E-state index contributed by atoms with van der Waals surface area (Å²) in [6.07, 6.45) is 1.69. The number of benzene rings is 2. The molecule has 0 saturated heterocycles. The zero-order chi connectivity index (χ0) is 23.1. The Labute approximate surface area is 187 Å². The van der Waals surface area contributed by atoms with E-state index < -0.39 is 10.0 Å². The molecule has 0 aliphatic heterocycles. The van der Waals surface area contributed by atoms with Gasteiger partial charge in [-0.25, -0.2) is 8.42 Å². The number of nitrogens with zero attached hydrogens (tertiary/aromatic N) is 4. The molecule has 0 fully saturated rings. The molecule has 3 rings (SSSR count). The van der Waals surface area contributed by atoms with Crippen LogP contribution in [-0.2, 0) is 21.4 Å². The third-order valence-electron chi connectivity index (χ3n) is 4.81. The second-order valence-corrected chi connectivity index (χ2v) is 9.17. The largest absolute Gasteiger partial charge is 0.497 e. The average Bonchev–Trinajstić information content (AvgIpc) is 3.25. The molecule has 32 heavy (non-hydrogen) atoms. The minimum absolute atomic E-state index is 0.146. The molecule has 2 aromatic carbocycles. The van der Waals surface area contributed by atoms with Crippen molar-refractivity contribution in [2.24, 2.45) is 0 Å². The number of hydrogen-bond donors (Lipinski definition) is 0. The first-order chi connectivity index (χ1) is 15.3. The van der Waals surface area contributed by atoms with E-state index in [1.54, 1.807) is 38.4 Å². The van der Waals surface area contributed by atoms with E-state index in [2.05, 4.69) is 10.1 Å². The molecular weight excluding hydrogens is 432 g/mol. The summed E-state index contributed by atoms with van der Waals surface area (Å²) in [7, 11) is -0.304. The fourth-order valence-corrected chi connectivity index (χ4v) is 4.08. The van der Waals surface area contributed by atoms with Crippen molar-refractivity contribution in [2.75, 3.05) is 31.3 Å². The van der Waals surface area contributed by atoms with Crippen molar-refractivity contribution in [3.8, 4) is 17.1 Å². The fraction of sp³-hybridized carbons (Fsp3) is 0.318. The number of aromatic nitrogens is 2. The van der Waals surface area contributed by atoms with Crippen LogP contribution in [0.15, 0.2) is 59.1 Å². The van der Waals surface area contributed by atoms with Gasteiger partial charge in [-0.05, 0) is 30.7 Å². The van der Waals surface area contributed by atoms with Gasteiger partial charge in [-0.2, -0.15) is 4.98 Å². The molecule has 1 aromatic heterocycles. The number of rotatable bonds is 10. The summed E-state index contributed by atoms with van der Waals surface area (Å²) in [5.41, 5.74) is 1.35. The molecule has 0 aliphatic carbocycles. The molecule has 3 aromatic rings. The number of carbonyl (C=O) groups is 1. The van der Waals surface area contributed by atoms with Crippen molar-refractivity contribution in [3.63, 3.8) is 0 Å². The van der Waals surface area contributed by atoms with Crippen LogP contribution in [0.3, 0.4) is 0 Å². The van der Waals surface area contributed by atoms with Crippen LogP contribution in [0.5, 0.6) is 5.75 Å². The summed E-state index contributed by atoms with van der Waals surface area (Å²) >= 11 is 0. The highest BCUT2D eigenvalue weighted by Gasteiger charge is 2.19. The summed E-state index contributed by atoms with van der Waals surface area (Å²) in [5.74, 6) is 1.28. The van der Waals surface area contributed by atoms with E-state index in [1.165, 1.54) is 9.21 Å². The number of anilines is 1. The highest BCUT2D eigenvalue weighted by molar-refractivity contribution is 7.92. The van der Waals surface area contributed by atoms with Crippen molar-refractivity contribution in [2.45, 2.75) is 19.4 Å². The van der Waals surface area contributed by atoms with Crippen LogP contribution in [0.1, 0.15) is 18.7 Å². The lowest BCUT2D eigenvalue weighted by atomic mass is 10.2. The number of methoxy groups -OCH3 is 1. The Balaban J connectivity index is 1.55. The summed E-state index contributed by atoms with van der Waals surface area (Å²) in [4.78, 5) is 18.3. The summed E-state index contributed by atoms with van der Waals surface area (Å²) in [6.45, 7) is 0.358. The highest BCUT2D eigenvalue weighted by atomic mass is 32.2. The molecule has 0 bridgehead atoms. The Kier molecular flexibility index (Phi) is 7.47. The minimum Gasteiger partial charge on any atom is -0.497 e. The maximum Gasteiger partial charge on any atom is 0.246 e. The smallest absolute Gasteiger partial charge is 0.246 e. The standard InChI is InChI=1S/C22H26N4O5S/c1-25(16-20-23-22(24-31-20)17-8-5-4-6-9-17)21(27)10-7-15-26(32(3,28)29)18-11-13-19(30-2)14-12-18/h4-6,8-9,11-14H,7,10,15-16H2,1-3H3. The molecule has 0 unspecified atom stereocenters. The molecule has 9 nitrogen and oxygen atoms in total. The van der Waals surface area contributed by atoms with Crippen LogP contribution in [0.2, 0.25) is 0 Å². The first-order valence-corrected chi connectivity index (χ1v) is 11.9. The number of hydrogen-bond acceptors (Lipinski definition) is 7. The van der Waals surface area contributed by atoms with E-state index in [9.17, 15) is 13.2 Å². The monoisotopic (exact) mass is 458 g/mol. The van der Waals surface area contributed by atoms with E-state index in [-0.39, 0.29) is 25.4 Å². The zero-order valence-electron chi connectivity index (χ0n) is 18.3. The summed E-state index contributed by atoms with van der Waals surface area (Å²) in [5, 5.41) is 3.95. The van der Waals surface area contributed by atoms with Gasteiger partial charge in [-0.15, -0.1) is 0 Å². The predicted octanol–water partition coefficient (Wildman–Crippen LogP) is 2.95. The Bertz CT molecular complexity index is 1130. The number of carbonyl (C=O) groups excluding carboxylic acids is 1. The van der Waals surface area contributed by atoms with Gasteiger partial charge in [0.2, 0.25) is 27.6 Å². The SMILES string of the molecule is COc1ccc(N(CCCC(=O)N(C)Cc2nc(-c3ccccc3)no2)S(C)(=O)=O)cc1. The Morgan fingerprint density at radius 1 is 1.09 bits per heavy atom. The number of ether oxygens (including phenoxy) is 1. The van der Waals surface area contributed by atoms with Gasteiger partial charge >= 0.3 is 0 Å². The average molecular weight is 459 g/mol. The van der Waals surface area contributed by atoms with Crippen molar-refractivity contribution < 1.29 is 22.5 Å². The molecule has 10 heteroatoms. The molecule has 0 spiro atoms. The lowest BCUT2D eigenvalue weighted by Gasteiger charge is -2.23. The van der Waals surface area contributed by atoms with Crippen molar-refractivity contribution in [1.29, 1.82) is 0 Å². The molecule has 0 N–H and O–H groups in total. The molecule has 0 atom stereocenters. The third-order valence-corrected chi connectivity index (χ3v) is 6.00. The summed E-state index contributed by atoms with van der Waals surface area (Å²) < 4.78 is 36.1. The predicted molar refractivity (Wildman–Crippen MR) is 121 cm³/mol. The van der Waals surface area contributed by atoms with Gasteiger partial charge in [0, 0.05) is 25.6 Å². The van der Waals surface area contributed by atoms with Gasteiger partial charge in [-0.3, -0.25) is 9.10 Å². The summed E-state index contributed by atoms with van der Waals surface area (Å²) in [6, 6.07) is 16.2. The van der Waals surface area contributed by atoms with Crippen LogP contribution >= 0.6 is 0 Å². The van der Waals surface area contributed by atoms with Gasteiger partial charge in [0.1, 0.15) is 5.75 Å². The maximum atomic E-state index is 12.5. The van der Waals surface area contributed by atoms with Crippen molar-refractivity contribution in [1.82, 2.24) is 15.0 Å². The first kappa shape index (κ1) is 23.3. The van der Waals surface area contributed by atoms with E-state index in [0.29, 0.717) is 29.6 Å². The quantitative estimate of drug-likeness (QED) is 0.460. The zero-order valence-corrected chi connectivity index (χ0v) is 19.1. The van der Waals surface area contributed by atoms with Crippen LogP contribution < -0.4 is 9.04 Å². The topological polar surface area (TPSA) is 106 Å². The fourth-order valence-electron chi connectivity index (χ4n) is 3.11. The van der Waals surface area contributed by atoms with E-state index in [4.69, 9.17) is 9.26 Å². The van der Waals surface area contributed by atoms with Crippen LogP contribution in [0, 0.1) is 0 Å². The van der Waals surface area contributed by atoms with Crippen molar-refractivity contribution in [3.05, 3.63) is 60.5 Å². The molecule has 0 aliphatic rings. The molecular formula is C22H26N4O5S. The van der Waals surface area contributed by atoms with Gasteiger partial charge in [0.05, 0.1) is 25.6 Å². The van der Waals surface area contributed by atoms with E-state index in [0.717, 1.165) is 11.8 Å². The number of amides is 1. The lowest BCUT2D eigenvalue weighted by molar-refractivity contribution is -0.130. The highest BCUT2D eigenvalue weighted by Crippen LogP contribution is 2.22. The number of sulfonamides is 1. The normalized spacial score (nSPS) is 11.2. The van der Waals surface area contributed by atoms with E-state index >= 15 is 0 Å². The second-order valence-electron chi connectivity index (χ2n) is 7.26. The lowest BCUT2D eigenvalue weighted by Crippen LogP contribution is -2.32. The Morgan fingerprint density at radius 3 is 2.41 bits per heavy atom. The van der Waals surface area contributed by atoms with Crippen molar-refractivity contribution >= 4 is 21.6 Å². The van der Waals surface area contributed by atoms with E-state index in [1.807, 2.05) is 30.3 Å².